The smallest absolute Gasteiger partial charge is 0.242 e. The zero-order valence-corrected chi connectivity index (χ0v) is 9.42. The van der Waals surface area contributed by atoms with Crippen LogP contribution in [0.15, 0.2) is 0 Å². The summed E-state index contributed by atoms with van der Waals surface area (Å²) in [6.45, 7) is 1.79. The Morgan fingerprint density at radius 3 is 2.94 bits per heavy atom. The third-order valence-electron chi connectivity index (χ3n) is 3.27. The summed E-state index contributed by atoms with van der Waals surface area (Å²) in [6, 6.07) is 0.252. The van der Waals surface area contributed by atoms with Gasteiger partial charge in [0.05, 0.1) is 0 Å². The maximum absolute atomic E-state index is 11.6. The first-order valence-electron chi connectivity index (χ1n) is 6.06. The highest BCUT2D eigenvalue weighted by Gasteiger charge is 2.26. The zero-order chi connectivity index (χ0) is 11.4. The van der Waals surface area contributed by atoms with Crippen LogP contribution in [0.1, 0.15) is 32.1 Å². The highest BCUT2D eigenvalue weighted by molar-refractivity contribution is 5.90. The Kier molecular flexibility index (Phi) is 3.77. The molecule has 2 amide bonds. The van der Waals surface area contributed by atoms with Crippen molar-refractivity contribution in [2.24, 2.45) is 0 Å². The molecule has 2 atom stereocenters. The average molecular weight is 225 g/mol. The summed E-state index contributed by atoms with van der Waals surface area (Å²) < 4.78 is 0. The minimum absolute atomic E-state index is 0.0161. The molecule has 2 heterocycles. The Bertz CT molecular complexity index is 274. The predicted molar refractivity (Wildman–Crippen MR) is 59.8 cm³/mol. The van der Waals surface area contributed by atoms with E-state index in [2.05, 4.69) is 16.0 Å². The van der Waals surface area contributed by atoms with Gasteiger partial charge in [0.1, 0.15) is 6.04 Å². The van der Waals surface area contributed by atoms with Gasteiger partial charge in [-0.25, -0.2) is 0 Å². The Morgan fingerprint density at radius 2 is 2.31 bits per heavy atom. The van der Waals surface area contributed by atoms with Gasteiger partial charge in [0.2, 0.25) is 11.8 Å². The van der Waals surface area contributed by atoms with Crippen LogP contribution in [-0.4, -0.2) is 37.0 Å². The molecule has 5 nitrogen and oxygen atoms in total. The monoisotopic (exact) mass is 225 g/mol. The number of hydrogen-bond donors (Lipinski definition) is 3. The van der Waals surface area contributed by atoms with Crippen molar-refractivity contribution >= 4 is 11.8 Å². The summed E-state index contributed by atoms with van der Waals surface area (Å²) in [5, 5.41) is 8.93. The topological polar surface area (TPSA) is 70.2 Å². The maximum Gasteiger partial charge on any atom is 0.242 e. The van der Waals surface area contributed by atoms with E-state index >= 15 is 0 Å². The normalized spacial score (nSPS) is 29.1. The van der Waals surface area contributed by atoms with E-state index < -0.39 is 0 Å². The molecule has 0 spiro atoms. The highest BCUT2D eigenvalue weighted by Crippen LogP contribution is 2.08. The molecular formula is C11H19N3O2. The molecule has 16 heavy (non-hydrogen) atoms. The second-order valence-corrected chi connectivity index (χ2v) is 4.53. The van der Waals surface area contributed by atoms with Crippen molar-refractivity contribution in [3.05, 3.63) is 0 Å². The first kappa shape index (κ1) is 11.4. The van der Waals surface area contributed by atoms with E-state index in [1.807, 2.05) is 0 Å². The van der Waals surface area contributed by atoms with Crippen LogP contribution in [0, 0.1) is 0 Å². The number of rotatable bonds is 4. The van der Waals surface area contributed by atoms with Crippen molar-refractivity contribution in [3.63, 3.8) is 0 Å². The van der Waals surface area contributed by atoms with Crippen LogP contribution in [0.5, 0.6) is 0 Å². The summed E-state index contributed by atoms with van der Waals surface area (Å²) >= 11 is 0. The molecule has 90 valence electrons. The predicted octanol–water partition coefficient (Wildman–Crippen LogP) is -0.477. The van der Waals surface area contributed by atoms with Gasteiger partial charge in [0, 0.05) is 19.0 Å². The average Bonchev–Trinajstić information content (AvgIpc) is 2.89. The number of nitrogens with one attached hydrogen (secondary N) is 3. The molecule has 0 bridgehead atoms. The van der Waals surface area contributed by atoms with Crippen molar-refractivity contribution in [1.82, 2.24) is 16.0 Å². The van der Waals surface area contributed by atoms with Crippen molar-refractivity contribution in [3.8, 4) is 0 Å². The van der Waals surface area contributed by atoms with Crippen LogP contribution in [0.3, 0.4) is 0 Å². The van der Waals surface area contributed by atoms with Crippen molar-refractivity contribution in [1.29, 1.82) is 0 Å². The lowest BCUT2D eigenvalue weighted by atomic mass is 10.1. The fourth-order valence-electron chi connectivity index (χ4n) is 2.31. The van der Waals surface area contributed by atoms with Gasteiger partial charge < -0.3 is 16.0 Å². The molecule has 0 aromatic rings. The molecule has 2 aliphatic heterocycles. The van der Waals surface area contributed by atoms with Crippen LogP contribution in [-0.2, 0) is 9.59 Å². The van der Waals surface area contributed by atoms with Gasteiger partial charge in [-0.15, -0.1) is 0 Å². The lowest BCUT2D eigenvalue weighted by Crippen LogP contribution is -2.42. The van der Waals surface area contributed by atoms with Crippen molar-refractivity contribution in [2.45, 2.75) is 44.2 Å². The van der Waals surface area contributed by atoms with E-state index in [1.54, 1.807) is 0 Å². The fraction of sp³-hybridized carbons (Fsp3) is 0.818. The quantitative estimate of drug-likeness (QED) is 0.605. The minimum Gasteiger partial charge on any atom is -0.354 e. The SMILES string of the molecule is O=C1CCC(C(=O)NCC[C@H]2CCCN2)N1. The number of amides is 2. The Balaban J connectivity index is 1.61. The molecule has 0 saturated carbocycles. The van der Waals surface area contributed by atoms with Crippen molar-refractivity contribution in [2.75, 3.05) is 13.1 Å². The number of carbonyl (C=O) groups excluding carboxylic acids is 2. The fourth-order valence-corrected chi connectivity index (χ4v) is 2.31. The van der Waals surface area contributed by atoms with Gasteiger partial charge in [0.25, 0.3) is 0 Å². The molecule has 1 unspecified atom stereocenters. The molecule has 0 aromatic heterocycles. The first-order valence-corrected chi connectivity index (χ1v) is 6.06. The molecule has 0 radical (unpaired) electrons. The molecule has 2 fully saturated rings. The molecule has 5 heteroatoms. The van der Waals surface area contributed by atoms with E-state index in [-0.39, 0.29) is 17.9 Å². The lowest BCUT2D eigenvalue weighted by Gasteiger charge is -2.13. The van der Waals surface area contributed by atoms with E-state index in [1.165, 1.54) is 12.8 Å². The first-order chi connectivity index (χ1) is 7.75. The van der Waals surface area contributed by atoms with E-state index in [4.69, 9.17) is 0 Å². The summed E-state index contributed by atoms with van der Waals surface area (Å²) in [6.07, 6.45) is 4.52. The minimum atomic E-state index is -0.302. The standard InChI is InChI=1S/C11H19N3O2/c15-10-4-3-9(14-10)11(16)13-7-5-8-2-1-6-12-8/h8-9,12H,1-7H2,(H,13,16)(H,14,15)/t8-,9?/m1/s1. The second-order valence-electron chi connectivity index (χ2n) is 4.53. The van der Waals surface area contributed by atoms with Crippen LogP contribution < -0.4 is 16.0 Å². The van der Waals surface area contributed by atoms with Crippen LogP contribution in [0.2, 0.25) is 0 Å². The van der Waals surface area contributed by atoms with Gasteiger partial charge in [-0.2, -0.15) is 0 Å². The van der Waals surface area contributed by atoms with Crippen molar-refractivity contribution < 1.29 is 9.59 Å². The lowest BCUT2D eigenvalue weighted by molar-refractivity contribution is -0.125. The largest absolute Gasteiger partial charge is 0.354 e. The molecule has 0 aromatic carbocycles. The van der Waals surface area contributed by atoms with Crippen LogP contribution >= 0.6 is 0 Å². The Labute approximate surface area is 95.3 Å². The Morgan fingerprint density at radius 1 is 1.44 bits per heavy atom. The van der Waals surface area contributed by atoms with E-state index in [9.17, 15) is 9.59 Å². The zero-order valence-electron chi connectivity index (χ0n) is 9.42. The molecule has 2 aliphatic rings. The third-order valence-corrected chi connectivity index (χ3v) is 3.27. The molecular weight excluding hydrogens is 206 g/mol. The summed E-state index contributed by atoms with van der Waals surface area (Å²) in [5.41, 5.74) is 0. The highest BCUT2D eigenvalue weighted by atomic mass is 16.2. The third kappa shape index (κ3) is 2.95. The van der Waals surface area contributed by atoms with Gasteiger partial charge in [-0.05, 0) is 32.2 Å². The van der Waals surface area contributed by atoms with Gasteiger partial charge >= 0.3 is 0 Å². The Hall–Kier alpha value is -1.10. The molecule has 2 rings (SSSR count). The van der Waals surface area contributed by atoms with E-state index in [0.717, 1.165) is 13.0 Å². The van der Waals surface area contributed by atoms with E-state index in [0.29, 0.717) is 25.4 Å². The summed E-state index contributed by atoms with van der Waals surface area (Å²) in [7, 11) is 0. The summed E-state index contributed by atoms with van der Waals surface area (Å²) in [5.74, 6) is -0.0542. The van der Waals surface area contributed by atoms with Crippen LogP contribution in [0.4, 0.5) is 0 Å². The molecule has 0 aliphatic carbocycles. The van der Waals surface area contributed by atoms with Gasteiger partial charge in [-0.1, -0.05) is 0 Å². The number of carbonyl (C=O) groups is 2. The van der Waals surface area contributed by atoms with Crippen LogP contribution in [0.25, 0.3) is 0 Å². The van der Waals surface area contributed by atoms with Gasteiger partial charge in [-0.3, -0.25) is 9.59 Å². The maximum atomic E-state index is 11.6. The molecule has 2 saturated heterocycles. The van der Waals surface area contributed by atoms with Gasteiger partial charge in [0.15, 0.2) is 0 Å². The molecule has 3 N–H and O–H groups in total. The second kappa shape index (κ2) is 5.30. The summed E-state index contributed by atoms with van der Waals surface area (Å²) in [4.78, 5) is 22.6. The number of hydrogen-bond acceptors (Lipinski definition) is 3.